The molecule has 302 valence electrons. The number of carbonyl (C=O) groups is 1. The predicted molar refractivity (Wildman–Crippen MR) is 216 cm³/mol. The molecule has 55 heavy (non-hydrogen) atoms. The Labute approximate surface area is 328 Å². The number of ether oxygens (including phenoxy) is 1. The van der Waals surface area contributed by atoms with Gasteiger partial charge < -0.3 is 20.3 Å². The van der Waals surface area contributed by atoms with E-state index >= 15 is 0 Å². The second-order valence-corrected chi connectivity index (χ2v) is 19.1. The van der Waals surface area contributed by atoms with E-state index in [9.17, 15) is 23.3 Å². The van der Waals surface area contributed by atoms with Crippen LogP contribution < -0.4 is 20.3 Å². The van der Waals surface area contributed by atoms with Gasteiger partial charge in [-0.25, -0.2) is 18.3 Å². The molecule has 1 amide bonds. The first-order valence-electron chi connectivity index (χ1n) is 20.4. The number of hydrogen-bond acceptors (Lipinski definition) is 9. The smallest absolute Gasteiger partial charge is 0.340 e. The number of nitrogens with one attached hydrogen (secondary N) is 3. The number of carbonyl (C=O) groups excluding carboxylic acids is 1. The maximum Gasteiger partial charge on any atom is 0.340 e. The Morgan fingerprint density at radius 1 is 1.04 bits per heavy atom. The minimum Gasteiger partial charge on any atom is -0.381 e. The third-order valence-electron chi connectivity index (χ3n) is 12.6. The Hall–Kier alpha value is -3.52. The summed E-state index contributed by atoms with van der Waals surface area (Å²) >= 11 is 0. The molecule has 2 aromatic carbocycles. The fourth-order valence-corrected chi connectivity index (χ4v) is 10.1. The summed E-state index contributed by atoms with van der Waals surface area (Å²) in [6, 6.07) is 11.3. The van der Waals surface area contributed by atoms with Crippen molar-refractivity contribution in [2.45, 2.75) is 90.0 Å². The summed E-state index contributed by atoms with van der Waals surface area (Å²) in [5.74, 6) is 1.68. The lowest BCUT2D eigenvalue weighted by Crippen LogP contribution is -2.52. The van der Waals surface area contributed by atoms with E-state index in [4.69, 9.17) is 4.74 Å². The summed E-state index contributed by atoms with van der Waals surface area (Å²) < 4.78 is 33.9. The highest BCUT2D eigenvalue weighted by Gasteiger charge is 2.36. The molecule has 0 spiro atoms. The minimum atomic E-state index is -4.33. The highest BCUT2D eigenvalue weighted by Crippen LogP contribution is 2.40. The predicted octanol–water partition coefficient (Wildman–Crippen LogP) is 6.73. The number of amides is 1. The molecular weight excluding hydrogens is 717 g/mol. The largest absolute Gasteiger partial charge is 0.381 e. The van der Waals surface area contributed by atoms with Crippen molar-refractivity contribution < 1.29 is 28.1 Å². The molecule has 4 atom stereocenters. The summed E-state index contributed by atoms with van der Waals surface area (Å²) in [4.78, 5) is 29.3. The van der Waals surface area contributed by atoms with Gasteiger partial charge in [0.25, 0.3) is 20.9 Å². The molecule has 12 nitrogen and oxygen atoms in total. The molecule has 4 N–H and O–H groups in total. The Morgan fingerprint density at radius 2 is 1.76 bits per heavy atom. The molecule has 2 saturated heterocycles. The highest BCUT2D eigenvalue weighted by atomic mass is 32.2. The van der Waals surface area contributed by atoms with Gasteiger partial charge >= 0.3 is 5.69 Å². The summed E-state index contributed by atoms with van der Waals surface area (Å²) in [5.41, 5.74) is 3.19. The van der Waals surface area contributed by atoms with E-state index in [1.165, 1.54) is 50.7 Å². The van der Waals surface area contributed by atoms with E-state index < -0.39 is 15.9 Å². The number of sulfonamides is 1. The molecule has 0 bridgehead atoms. The second-order valence-electron chi connectivity index (χ2n) is 17.4. The first kappa shape index (κ1) is 41.1. The third kappa shape index (κ3) is 11.1. The zero-order valence-electron chi connectivity index (χ0n) is 33.3. The summed E-state index contributed by atoms with van der Waals surface area (Å²) in [6.45, 7) is 17.3. The van der Waals surface area contributed by atoms with Crippen LogP contribution in [0.15, 0.2) is 59.0 Å². The Balaban J connectivity index is 0.992. The molecule has 2 aliphatic carbocycles. The van der Waals surface area contributed by atoms with Crippen molar-refractivity contribution in [3.63, 3.8) is 0 Å². The van der Waals surface area contributed by atoms with Gasteiger partial charge in [0, 0.05) is 75.8 Å². The van der Waals surface area contributed by atoms with Gasteiger partial charge in [-0.05, 0) is 130 Å². The van der Waals surface area contributed by atoms with Crippen LogP contribution in [0.1, 0.15) is 89.4 Å². The van der Waals surface area contributed by atoms with E-state index in [2.05, 4.69) is 58.9 Å². The van der Waals surface area contributed by atoms with Crippen molar-refractivity contribution in [2.75, 3.05) is 69.2 Å². The van der Waals surface area contributed by atoms with Gasteiger partial charge in [0.05, 0.1) is 9.80 Å². The molecule has 0 radical (unpaired) electrons. The Kier molecular flexibility index (Phi) is 13.6. The van der Waals surface area contributed by atoms with Crippen LogP contribution in [0.25, 0.3) is 0 Å². The van der Waals surface area contributed by atoms with Crippen molar-refractivity contribution in [1.29, 1.82) is 0 Å². The van der Waals surface area contributed by atoms with Crippen LogP contribution in [0, 0.1) is 34.0 Å². The van der Waals surface area contributed by atoms with Crippen molar-refractivity contribution >= 4 is 33.0 Å². The zero-order valence-corrected chi connectivity index (χ0v) is 34.1. The molecule has 2 heterocycles. The zero-order chi connectivity index (χ0) is 39.2. The molecular formula is C42H63N6O6S+. The summed E-state index contributed by atoms with van der Waals surface area (Å²) in [7, 11) is -4.33. The molecule has 2 aliphatic heterocycles. The number of nitrogens with zero attached hydrogens (tertiary/aromatic N) is 3. The van der Waals surface area contributed by atoms with Crippen LogP contribution in [0.3, 0.4) is 0 Å². The summed E-state index contributed by atoms with van der Waals surface area (Å²) in [6.07, 6.45) is 11.7. The average Bonchev–Trinajstić information content (AvgIpc) is 3.16. The van der Waals surface area contributed by atoms with Gasteiger partial charge in [0.1, 0.15) is 5.69 Å². The van der Waals surface area contributed by atoms with Crippen molar-refractivity contribution in [1.82, 2.24) is 14.9 Å². The quantitative estimate of drug-likeness (QED) is 0.120. The van der Waals surface area contributed by atoms with Crippen LogP contribution in [0.2, 0.25) is 0 Å². The number of benzene rings is 2. The first-order valence-corrected chi connectivity index (χ1v) is 21.9. The lowest BCUT2D eigenvalue weighted by molar-refractivity contribution is -0.729. The van der Waals surface area contributed by atoms with Crippen LogP contribution >= 0.6 is 0 Å². The molecule has 4 aliphatic rings. The fraction of sp³-hybridized carbons (Fsp3) is 0.643. The number of hydrogen-bond donors (Lipinski definition) is 4. The van der Waals surface area contributed by atoms with E-state index in [1.54, 1.807) is 17.7 Å². The molecule has 0 aromatic heterocycles. The lowest BCUT2D eigenvalue weighted by Gasteiger charge is -2.45. The molecule has 3 fully saturated rings. The van der Waals surface area contributed by atoms with Crippen molar-refractivity contribution in [3.05, 3.63) is 64.6 Å². The van der Waals surface area contributed by atoms with E-state index in [1.807, 2.05) is 12.1 Å². The van der Waals surface area contributed by atoms with Crippen LogP contribution in [-0.2, 0) is 14.8 Å². The van der Waals surface area contributed by atoms with Gasteiger partial charge in [-0.3, -0.25) is 9.69 Å². The van der Waals surface area contributed by atoms with Gasteiger partial charge in [0.15, 0.2) is 0 Å². The van der Waals surface area contributed by atoms with Gasteiger partial charge in [-0.15, -0.1) is 0 Å². The number of rotatable bonds is 14. The molecule has 6 rings (SSSR count). The van der Waals surface area contributed by atoms with Crippen LogP contribution in [-0.4, -0.2) is 94.4 Å². The molecule has 1 saturated carbocycles. The standard InChI is InChI=1S/C42H62N6O6S/c1-30-5-6-31(2)34(25-30)14-18-43-38-13-17-42(3,4)27-35(38)29-46-19-21-47(22-20-46)36-9-7-33(8-10-36)41(49)45-55(52,53)37-11-12-39(40(26-37)48(50)51)44-28-32-15-23-54-24-16-32/h6-12,26,30,32,34-35,38,43-44H,5,13-25,27-29H2,1-4H3,(H-,45,49,50,51)/p+1. The van der Waals surface area contributed by atoms with Gasteiger partial charge in [-0.2, -0.15) is 0 Å². The third-order valence-corrected chi connectivity index (χ3v) is 13.9. The highest BCUT2D eigenvalue weighted by molar-refractivity contribution is 7.90. The average molecular weight is 780 g/mol. The second kappa shape index (κ2) is 18.2. The van der Waals surface area contributed by atoms with Gasteiger partial charge in [0.2, 0.25) is 0 Å². The number of piperazine rings is 1. The first-order chi connectivity index (χ1) is 26.3. The monoisotopic (exact) mass is 779 g/mol. The van der Waals surface area contributed by atoms with E-state index in [-0.39, 0.29) is 21.1 Å². The Morgan fingerprint density at radius 3 is 2.47 bits per heavy atom. The van der Waals surface area contributed by atoms with E-state index in [0.717, 1.165) is 69.8 Å². The maximum atomic E-state index is 13.2. The topological polar surface area (TPSA) is 143 Å². The summed E-state index contributed by atoms with van der Waals surface area (Å²) in [5, 5.41) is 16.9. The molecule has 4 unspecified atom stereocenters. The SMILES string of the molecule is CC1=CCC(C)CC1CCNC1CCC(C)(C)CC1CN1CCN(c2ccc(C(=O)NS(=O)(=O)c3ccc(NCC4CCOCC4)c([N+](=O)O)c3)cc2)CC1. The lowest BCUT2D eigenvalue weighted by atomic mass is 9.69. The fourth-order valence-electron chi connectivity index (χ4n) is 9.08. The number of allylic oxidation sites excluding steroid dienone is 2. The van der Waals surface area contributed by atoms with Crippen LogP contribution in [0.5, 0.6) is 0 Å². The number of anilines is 2. The van der Waals surface area contributed by atoms with E-state index in [0.29, 0.717) is 54.7 Å². The molecule has 2 aromatic rings. The van der Waals surface area contributed by atoms with Gasteiger partial charge in [-0.1, -0.05) is 32.4 Å². The minimum absolute atomic E-state index is 0.205. The Bertz CT molecular complexity index is 1770. The normalized spacial score (nSPS) is 25.2. The molecule has 13 heteroatoms. The maximum absolute atomic E-state index is 13.2. The van der Waals surface area contributed by atoms with Crippen molar-refractivity contribution in [2.24, 2.45) is 29.1 Å². The van der Waals surface area contributed by atoms with Crippen LogP contribution in [0.4, 0.5) is 17.1 Å². The van der Waals surface area contributed by atoms with Crippen molar-refractivity contribution in [3.8, 4) is 0 Å².